The Kier molecular flexibility index (Phi) is 7.21. The number of carbonyl (C=O) groups is 1. The zero-order valence-electron chi connectivity index (χ0n) is 20.5. The molecule has 36 heavy (non-hydrogen) atoms. The standard InChI is InChI=1S/C29H33FN2O4/c1-36-22-8-9-26-23(15-22)28(25(30)16-31-26)27(33)10-7-19-11-12-32(17-24(19)29(34)35)21-13-20(14-21)18-5-3-2-4-6-18/h2-6,8-9,15-16,19-21,24,27,33H,7,10-14,17H2,1H3,(H,34,35)/t19-,20?,21?,24+,27?/m1/s1. The van der Waals surface area contributed by atoms with Crippen LogP contribution in [-0.2, 0) is 4.79 Å². The lowest BCUT2D eigenvalue weighted by Crippen LogP contribution is -2.52. The fraction of sp³-hybridized carbons (Fsp3) is 0.448. The van der Waals surface area contributed by atoms with Crippen LogP contribution in [-0.4, -0.2) is 52.3 Å². The molecule has 2 N–H and O–H groups in total. The SMILES string of the molecule is COc1ccc2ncc(F)c(C(O)CC[C@@H]3CCN(C4CC(c5ccccc5)C4)C[C@@H]3C(=O)O)c2c1. The number of pyridine rings is 1. The average molecular weight is 493 g/mol. The van der Waals surface area contributed by atoms with Crippen molar-refractivity contribution in [1.29, 1.82) is 0 Å². The number of nitrogens with zero attached hydrogens (tertiary/aromatic N) is 2. The third-order valence-corrected chi connectivity index (χ3v) is 8.22. The number of fused-ring (bicyclic) bond motifs is 1. The minimum Gasteiger partial charge on any atom is -0.497 e. The van der Waals surface area contributed by atoms with Crippen LogP contribution in [0.15, 0.2) is 54.7 Å². The van der Waals surface area contributed by atoms with Crippen LogP contribution in [0.2, 0.25) is 0 Å². The fourth-order valence-electron chi connectivity index (χ4n) is 6.02. The van der Waals surface area contributed by atoms with Crippen molar-refractivity contribution >= 4 is 16.9 Å². The van der Waals surface area contributed by atoms with Gasteiger partial charge in [-0.3, -0.25) is 14.7 Å². The predicted octanol–water partition coefficient (Wildman–Crippen LogP) is 5.17. The lowest BCUT2D eigenvalue weighted by molar-refractivity contribution is -0.147. The van der Waals surface area contributed by atoms with Gasteiger partial charge in [0.05, 0.1) is 30.8 Å². The minimum absolute atomic E-state index is 0.0518. The van der Waals surface area contributed by atoms with E-state index in [1.807, 2.05) is 6.07 Å². The number of benzene rings is 2. The Morgan fingerprint density at radius 3 is 2.72 bits per heavy atom. The Morgan fingerprint density at radius 1 is 1.22 bits per heavy atom. The van der Waals surface area contributed by atoms with Crippen molar-refractivity contribution in [2.24, 2.45) is 11.8 Å². The first kappa shape index (κ1) is 24.7. The molecule has 0 amide bonds. The number of rotatable bonds is 8. The summed E-state index contributed by atoms with van der Waals surface area (Å²) in [6, 6.07) is 16.1. The summed E-state index contributed by atoms with van der Waals surface area (Å²) in [5.41, 5.74) is 2.14. The third kappa shape index (κ3) is 4.95. The van der Waals surface area contributed by atoms with Crippen LogP contribution in [0.4, 0.5) is 4.39 Å². The Balaban J connectivity index is 1.22. The van der Waals surface area contributed by atoms with Crippen LogP contribution >= 0.6 is 0 Å². The van der Waals surface area contributed by atoms with Gasteiger partial charge in [0.1, 0.15) is 11.6 Å². The van der Waals surface area contributed by atoms with Gasteiger partial charge < -0.3 is 14.9 Å². The molecule has 0 radical (unpaired) electrons. The van der Waals surface area contributed by atoms with Crippen molar-refractivity contribution < 1.29 is 24.1 Å². The Morgan fingerprint density at radius 2 is 2.00 bits per heavy atom. The van der Waals surface area contributed by atoms with Gasteiger partial charge in [0, 0.05) is 23.5 Å². The molecule has 2 aliphatic rings. The van der Waals surface area contributed by atoms with Crippen molar-refractivity contribution in [1.82, 2.24) is 9.88 Å². The quantitative estimate of drug-likeness (QED) is 0.452. The van der Waals surface area contributed by atoms with Crippen LogP contribution in [0.1, 0.15) is 55.3 Å². The van der Waals surface area contributed by atoms with Crippen LogP contribution in [0.5, 0.6) is 5.75 Å². The summed E-state index contributed by atoms with van der Waals surface area (Å²) in [5, 5.41) is 21.5. The van der Waals surface area contributed by atoms with Gasteiger partial charge in [0.2, 0.25) is 0 Å². The molecule has 6 nitrogen and oxygen atoms in total. The first-order chi connectivity index (χ1) is 17.4. The molecule has 2 aromatic carbocycles. The number of piperidine rings is 1. The van der Waals surface area contributed by atoms with E-state index < -0.39 is 23.8 Å². The fourth-order valence-corrected chi connectivity index (χ4v) is 6.02. The second-order valence-electron chi connectivity index (χ2n) is 10.2. The maximum Gasteiger partial charge on any atom is 0.308 e. The molecule has 2 heterocycles. The number of methoxy groups -OCH3 is 1. The van der Waals surface area contributed by atoms with Gasteiger partial charge in [-0.2, -0.15) is 0 Å². The van der Waals surface area contributed by atoms with E-state index in [0.717, 1.165) is 32.0 Å². The van der Waals surface area contributed by atoms with Gasteiger partial charge in [-0.25, -0.2) is 4.39 Å². The summed E-state index contributed by atoms with van der Waals surface area (Å²) in [6.45, 7) is 1.40. The topological polar surface area (TPSA) is 82.9 Å². The summed E-state index contributed by atoms with van der Waals surface area (Å²) in [5.74, 6) is -0.776. The van der Waals surface area contributed by atoms with Crippen molar-refractivity contribution in [3.8, 4) is 5.75 Å². The second kappa shape index (κ2) is 10.5. The monoisotopic (exact) mass is 492 g/mol. The number of hydrogen-bond donors (Lipinski definition) is 2. The normalized spacial score (nSPS) is 25.3. The van der Waals surface area contributed by atoms with Crippen molar-refractivity contribution in [3.05, 3.63) is 71.7 Å². The molecule has 1 aliphatic carbocycles. The number of ether oxygens (including phenoxy) is 1. The van der Waals surface area contributed by atoms with Gasteiger partial charge >= 0.3 is 5.97 Å². The molecule has 1 saturated carbocycles. The van der Waals surface area contributed by atoms with E-state index in [2.05, 4.69) is 34.1 Å². The highest BCUT2D eigenvalue weighted by molar-refractivity contribution is 5.84. The van der Waals surface area contributed by atoms with Crippen molar-refractivity contribution in [2.75, 3.05) is 20.2 Å². The number of aromatic nitrogens is 1. The lowest BCUT2D eigenvalue weighted by Gasteiger charge is -2.47. The van der Waals surface area contributed by atoms with Crippen LogP contribution in [0.25, 0.3) is 10.9 Å². The van der Waals surface area contributed by atoms with Crippen LogP contribution in [0.3, 0.4) is 0 Å². The van der Waals surface area contributed by atoms with E-state index in [9.17, 15) is 19.4 Å². The van der Waals surface area contributed by atoms with E-state index in [-0.39, 0.29) is 11.5 Å². The highest BCUT2D eigenvalue weighted by Crippen LogP contribution is 2.42. The summed E-state index contributed by atoms with van der Waals surface area (Å²) in [7, 11) is 1.54. The number of hydrogen-bond acceptors (Lipinski definition) is 5. The van der Waals surface area contributed by atoms with Crippen LogP contribution < -0.4 is 4.74 Å². The summed E-state index contributed by atoms with van der Waals surface area (Å²) in [4.78, 5) is 18.6. The van der Waals surface area contributed by atoms with Gasteiger partial charge in [-0.05, 0) is 74.2 Å². The van der Waals surface area contributed by atoms with Crippen molar-refractivity contribution in [2.45, 2.75) is 50.2 Å². The van der Waals surface area contributed by atoms with E-state index in [4.69, 9.17) is 4.74 Å². The smallest absolute Gasteiger partial charge is 0.308 e. The molecular weight excluding hydrogens is 459 g/mol. The molecule has 0 bridgehead atoms. The third-order valence-electron chi connectivity index (χ3n) is 8.22. The molecule has 0 spiro atoms. The second-order valence-corrected chi connectivity index (χ2v) is 10.2. The molecule has 5 rings (SSSR count). The molecule has 2 fully saturated rings. The van der Waals surface area contributed by atoms with E-state index >= 15 is 0 Å². The number of halogens is 1. The number of carboxylic acid groups (broad SMARTS) is 1. The lowest BCUT2D eigenvalue weighted by atomic mass is 9.73. The number of aliphatic hydroxyl groups excluding tert-OH is 1. The molecular formula is C29H33FN2O4. The maximum absolute atomic E-state index is 14.8. The number of likely N-dealkylation sites (tertiary alicyclic amines) is 1. The number of carboxylic acids is 1. The maximum atomic E-state index is 14.8. The summed E-state index contributed by atoms with van der Waals surface area (Å²) in [6.07, 6.45) is 3.80. The van der Waals surface area contributed by atoms with Crippen LogP contribution in [0, 0.1) is 17.7 Å². The van der Waals surface area contributed by atoms with Gasteiger partial charge in [-0.15, -0.1) is 0 Å². The molecule has 7 heteroatoms. The first-order valence-corrected chi connectivity index (χ1v) is 12.8. The molecule has 1 unspecified atom stereocenters. The Labute approximate surface area is 210 Å². The molecule has 1 aromatic heterocycles. The van der Waals surface area contributed by atoms with Gasteiger partial charge in [-0.1, -0.05) is 30.3 Å². The highest BCUT2D eigenvalue weighted by atomic mass is 19.1. The van der Waals surface area contributed by atoms with E-state index in [1.54, 1.807) is 18.2 Å². The molecule has 1 aliphatic heterocycles. The zero-order valence-corrected chi connectivity index (χ0v) is 20.5. The van der Waals surface area contributed by atoms with Gasteiger partial charge in [0.15, 0.2) is 0 Å². The van der Waals surface area contributed by atoms with Gasteiger partial charge in [0.25, 0.3) is 0 Å². The molecule has 1 saturated heterocycles. The average Bonchev–Trinajstić information content (AvgIpc) is 2.86. The minimum atomic E-state index is -1.05. The molecule has 3 aromatic rings. The van der Waals surface area contributed by atoms with Crippen molar-refractivity contribution in [3.63, 3.8) is 0 Å². The zero-order chi connectivity index (χ0) is 25.2. The molecule has 190 valence electrons. The first-order valence-electron chi connectivity index (χ1n) is 12.8. The largest absolute Gasteiger partial charge is 0.497 e. The Hall–Kier alpha value is -3.03. The summed E-state index contributed by atoms with van der Waals surface area (Å²) < 4.78 is 20.0. The number of aliphatic hydroxyl groups is 1. The van der Waals surface area contributed by atoms with E-state index in [1.165, 1.54) is 12.7 Å². The Bertz CT molecular complexity index is 1210. The summed E-state index contributed by atoms with van der Waals surface area (Å²) >= 11 is 0. The predicted molar refractivity (Wildman–Crippen MR) is 135 cm³/mol. The highest BCUT2D eigenvalue weighted by Gasteiger charge is 2.41. The number of aliphatic carboxylic acids is 1. The van der Waals surface area contributed by atoms with E-state index in [0.29, 0.717) is 48.0 Å². The molecule has 3 atom stereocenters.